The molecule has 0 bridgehead atoms. The van der Waals surface area contributed by atoms with E-state index in [0.717, 1.165) is 18.0 Å². The van der Waals surface area contributed by atoms with E-state index in [1.807, 2.05) is 0 Å². The van der Waals surface area contributed by atoms with E-state index in [9.17, 15) is 4.79 Å². The molecule has 2 N–H and O–H groups in total. The maximum atomic E-state index is 10.7. The maximum absolute atomic E-state index is 10.7. The molecule has 4 nitrogen and oxygen atoms in total. The van der Waals surface area contributed by atoms with Crippen LogP contribution in [0.2, 0.25) is 0 Å². The Kier molecular flexibility index (Phi) is 3.62. The summed E-state index contributed by atoms with van der Waals surface area (Å²) < 4.78 is 4.89. The third-order valence-corrected chi connectivity index (χ3v) is 2.92. The molecule has 0 saturated heterocycles. The molecular formula is C12H17NO3. The van der Waals surface area contributed by atoms with Crippen molar-refractivity contribution in [1.82, 2.24) is 5.32 Å². The lowest BCUT2D eigenvalue weighted by Crippen LogP contribution is -2.16. The molecule has 1 aromatic rings. The van der Waals surface area contributed by atoms with Gasteiger partial charge in [-0.3, -0.25) is 0 Å². The monoisotopic (exact) mass is 223 g/mol. The van der Waals surface area contributed by atoms with E-state index in [4.69, 9.17) is 9.52 Å². The number of nitrogens with one attached hydrogen (secondary N) is 1. The van der Waals surface area contributed by atoms with E-state index in [2.05, 4.69) is 5.32 Å². The minimum absolute atomic E-state index is 0.0506. The minimum atomic E-state index is -1.00. The van der Waals surface area contributed by atoms with Crippen molar-refractivity contribution < 1.29 is 14.3 Å². The van der Waals surface area contributed by atoms with Gasteiger partial charge in [-0.15, -0.1) is 0 Å². The molecule has 0 aromatic carbocycles. The number of carboxylic acid groups (broad SMARTS) is 1. The highest BCUT2D eigenvalue weighted by Crippen LogP contribution is 2.33. The van der Waals surface area contributed by atoms with Gasteiger partial charge in [-0.25, -0.2) is 4.79 Å². The second-order valence-electron chi connectivity index (χ2n) is 4.34. The van der Waals surface area contributed by atoms with Crippen LogP contribution in [0.15, 0.2) is 16.7 Å². The minimum Gasteiger partial charge on any atom is -0.475 e. The summed E-state index contributed by atoms with van der Waals surface area (Å²) in [5.74, 6) is 0.0137. The van der Waals surface area contributed by atoms with Crippen molar-refractivity contribution in [2.24, 2.45) is 5.92 Å². The number of aromatic carboxylic acids is 1. The molecule has 0 amide bonds. The zero-order valence-corrected chi connectivity index (χ0v) is 9.24. The quantitative estimate of drug-likeness (QED) is 0.696. The second kappa shape index (κ2) is 5.16. The summed E-state index contributed by atoms with van der Waals surface area (Å²) in [5, 5.41) is 12.1. The van der Waals surface area contributed by atoms with E-state index in [1.54, 1.807) is 6.07 Å². The molecule has 1 aromatic heterocycles. The fraction of sp³-hybridized carbons (Fsp3) is 0.583. The van der Waals surface area contributed by atoms with Crippen molar-refractivity contribution in [2.45, 2.75) is 32.2 Å². The van der Waals surface area contributed by atoms with Gasteiger partial charge in [0, 0.05) is 12.1 Å². The van der Waals surface area contributed by atoms with Gasteiger partial charge in [-0.1, -0.05) is 12.8 Å². The molecule has 2 rings (SSSR count). The Hall–Kier alpha value is -1.29. The lowest BCUT2D eigenvalue weighted by atomic mass is 10.2. The largest absolute Gasteiger partial charge is 0.475 e. The van der Waals surface area contributed by atoms with Gasteiger partial charge in [0.1, 0.15) is 0 Å². The summed E-state index contributed by atoms with van der Waals surface area (Å²) >= 11 is 0. The van der Waals surface area contributed by atoms with Crippen LogP contribution in [-0.2, 0) is 6.54 Å². The van der Waals surface area contributed by atoms with Crippen LogP contribution in [0.25, 0.3) is 0 Å². The predicted molar refractivity (Wildman–Crippen MR) is 59.3 cm³/mol. The van der Waals surface area contributed by atoms with Crippen LogP contribution in [0.3, 0.4) is 0 Å². The van der Waals surface area contributed by atoms with Gasteiger partial charge in [0.05, 0.1) is 6.26 Å². The number of furan rings is 1. The first-order chi connectivity index (χ1) is 7.77. The van der Waals surface area contributed by atoms with Gasteiger partial charge in [-0.05, 0) is 31.4 Å². The molecule has 88 valence electrons. The highest BCUT2D eigenvalue weighted by molar-refractivity contribution is 5.86. The smallest absolute Gasteiger partial charge is 0.372 e. The summed E-state index contributed by atoms with van der Waals surface area (Å²) in [6.07, 6.45) is 6.68. The first-order valence-corrected chi connectivity index (χ1v) is 5.77. The van der Waals surface area contributed by atoms with E-state index < -0.39 is 5.97 Å². The van der Waals surface area contributed by atoms with E-state index in [0.29, 0.717) is 6.54 Å². The summed E-state index contributed by atoms with van der Waals surface area (Å²) in [6.45, 7) is 1.52. The van der Waals surface area contributed by atoms with Crippen molar-refractivity contribution in [3.8, 4) is 0 Å². The summed E-state index contributed by atoms with van der Waals surface area (Å²) in [5.41, 5.74) is 0.721. The van der Waals surface area contributed by atoms with E-state index >= 15 is 0 Å². The lowest BCUT2D eigenvalue weighted by molar-refractivity contribution is 0.0660. The van der Waals surface area contributed by atoms with Gasteiger partial charge >= 0.3 is 5.97 Å². The molecule has 1 aliphatic rings. The molecule has 0 spiro atoms. The Labute approximate surface area is 94.6 Å². The molecule has 16 heavy (non-hydrogen) atoms. The predicted octanol–water partition coefficient (Wildman–Crippen LogP) is 2.26. The highest BCUT2D eigenvalue weighted by atomic mass is 16.4. The normalized spacial score (nSPS) is 15.2. The SMILES string of the molecule is O=C(O)c1occc1CNCCCC1CC1. The van der Waals surface area contributed by atoms with Gasteiger partial charge in [0.25, 0.3) is 0 Å². The first-order valence-electron chi connectivity index (χ1n) is 5.77. The number of carboxylic acids is 1. The van der Waals surface area contributed by atoms with Gasteiger partial charge in [0.15, 0.2) is 0 Å². The first kappa shape index (κ1) is 11.2. The van der Waals surface area contributed by atoms with Crippen LogP contribution in [-0.4, -0.2) is 17.6 Å². The molecule has 0 atom stereocenters. The number of hydrogen-bond acceptors (Lipinski definition) is 3. The summed E-state index contributed by atoms with van der Waals surface area (Å²) in [4.78, 5) is 10.7. The third-order valence-electron chi connectivity index (χ3n) is 2.92. The van der Waals surface area contributed by atoms with Crippen molar-refractivity contribution in [2.75, 3.05) is 6.54 Å². The molecule has 1 aliphatic carbocycles. The average Bonchev–Trinajstić information content (AvgIpc) is 2.94. The van der Waals surface area contributed by atoms with Crippen LogP contribution in [0, 0.1) is 5.92 Å². The zero-order valence-electron chi connectivity index (χ0n) is 9.24. The Morgan fingerprint density at radius 1 is 1.56 bits per heavy atom. The van der Waals surface area contributed by atoms with Crippen LogP contribution in [0.4, 0.5) is 0 Å². The molecule has 1 fully saturated rings. The average molecular weight is 223 g/mol. The number of carbonyl (C=O) groups is 1. The van der Waals surface area contributed by atoms with Gasteiger partial charge in [-0.2, -0.15) is 0 Å². The van der Waals surface area contributed by atoms with Crippen LogP contribution < -0.4 is 5.32 Å². The number of rotatable bonds is 7. The van der Waals surface area contributed by atoms with Crippen molar-refractivity contribution in [3.63, 3.8) is 0 Å². The van der Waals surface area contributed by atoms with Crippen molar-refractivity contribution in [3.05, 3.63) is 23.7 Å². The van der Waals surface area contributed by atoms with Crippen molar-refractivity contribution >= 4 is 5.97 Å². The molecule has 1 saturated carbocycles. The standard InChI is InChI=1S/C12H17NO3/c14-12(15)11-10(5-7-16-11)8-13-6-1-2-9-3-4-9/h5,7,9,13H,1-4,6,8H2,(H,14,15). The summed E-state index contributed by atoms with van der Waals surface area (Å²) in [6, 6.07) is 1.71. The highest BCUT2D eigenvalue weighted by Gasteiger charge is 2.20. The molecule has 0 unspecified atom stereocenters. The molecule has 4 heteroatoms. The lowest BCUT2D eigenvalue weighted by Gasteiger charge is -2.03. The Bertz CT molecular complexity index is 355. The Morgan fingerprint density at radius 3 is 3.06 bits per heavy atom. The molecule has 1 heterocycles. The Morgan fingerprint density at radius 2 is 2.38 bits per heavy atom. The van der Waals surface area contributed by atoms with Crippen molar-refractivity contribution in [1.29, 1.82) is 0 Å². The molecule has 0 radical (unpaired) electrons. The number of hydrogen-bond donors (Lipinski definition) is 2. The zero-order chi connectivity index (χ0) is 11.4. The third kappa shape index (κ3) is 3.10. The fourth-order valence-corrected chi connectivity index (χ4v) is 1.81. The van der Waals surface area contributed by atoms with Gasteiger partial charge in [0.2, 0.25) is 5.76 Å². The van der Waals surface area contributed by atoms with Crippen LogP contribution >= 0.6 is 0 Å². The van der Waals surface area contributed by atoms with Gasteiger partial charge < -0.3 is 14.8 Å². The van der Waals surface area contributed by atoms with Crippen LogP contribution in [0.5, 0.6) is 0 Å². The maximum Gasteiger partial charge on any atom is 0.372 e. The molecular weight excluding hydrogens is 206 g/mol. The second-order valence-corrected chi connectivity index (χ2v) is 4.34. The Balaban J connectivity index is 1.67. The van der Waals surface area contributed by atoms with E-state index in [-0.39, 0.29) is 5.76 Å². The topological polar surface area (TPSA) is 62.5 Å². The van der Waals surface area contributed by atoms with Crippen LogP contribution in [0.1, 0.15) is 41.8 Å². The molecule has 0 aliphatic heterocycles. The van der Waals surface area contributed by atoms with E-state index in [1.165, 1.54) is 31.9 Å². The fourth-order valence-electron chi connectivity index (χ4n) is 1.81. The summed E-state index contributed by atoms with van der Waals surface area (Å²) in [7, 11) is 0.